The summed E-state index contributed by atoms with van der Waals surface area (Å²) in [6.45, 7) is 7.31. The predicted molar refractivity (Wildman–Crippen MR) is 129 cm³/mol. The highest BCUT2D eigenvalue weighted by atomic mass is 35.5. The van der Waals surface area contributed by atoms with Gasteiger partial charge in [-0.25, -0.2) is 4.99 Å². The lowest BCUT2D eigenvalue weighted by atomic mass is 10.1. The first kappa shape index (κ1) is 23.0. The quantitative estimate of drug-likeness (QED) is 0.500. The molecule has 1 saturated heterocycles. The molecule has 8 heteroatoms. The fourth-order valence-electron chi connectivity index (χ4n) is 3.56. The molecular weight excluding hydrogens is 414 g/mol. The summed E-state index contributed by atoms with van der Waals surface area (Å²) in [7, 11) is 5.40. The number of rotatable bonds is 7. The number of halogens is 1. The minimum absolute atomic E-state index is 0.476. The molecule has 0 amide bonds. The van der Waals surface area contributed by atoms with Gasteiger partial charge in [0.15, 0.2) is 17.5 Å². The lowest BCUT2D eigenvalue weighted by Gasteiger charge is -2.35. The normalized spacial score (nSPS) is 15.0. The molecule has 0 bridgehead atoms. The van der Waals surface area contributed by atoms with Crippen molar-refractivity contribution < 1.29 is 9.47 Å². The SMILES string of the molecule is CCNC(=NCc1c(Cl)cccc1N1CCN(C)CC1)Nc1ccc(OC)c(OC)c1. The molecule has 3 rings (SSSR count). The molecule has 7 nitrogen and oxygen atoms in total. The van der Waals surface area contributed by atoms with E-state index >= 15 is 0 Å². The molecule has 1 aliphatic rings. The van der Waals surface area contributed by atoms with Crippen LogP contribution >= 0.6 is 11.6 Å². The van der Waals surface area contributed by atoms with Crippen molar-refractivity contribution in [2.24, 2.45) is 4.99 Å². The van der Waals surface area contributed by atoms with Crippen LogP contribution in [-0.2, 0) is 6.54 Å². The van der Waals surface area contributed by atoms with E-state index in [1.807, 2.05) is 37.3 Å². The van der Waals surface area contributed by atoms with Gasteiger partial charge in [-0.05, 0) is 38.2 Å². The Morgan fingerprint density at radius 1 is 1.06 bits per heavy atom. The number of nitrogens with one attached hydrogen (secondary N) is 2. The van der Waals surface area contributed by atoms with Gasteiger partial charge in [-0.3, -0.25) is 0 Å². The van der Waals surface area contributed by atoms with Crippen molar-refractivity contribution in [2.75, 3.05) is 64.2 Å². The number of piperazine rings is 1. The lowest BCUT2D eigenvalue weighted by molar-refractivity contribution is 0.312. The molecule has 2 N–H and O–H groups in total. The van der Waals surface area contributed by atoms with Crippen LogP contribution < -0.4 is 25.0 Å². The number of hydrogen-bond donors (Lipinski definition) is 2. The Hall–Kier alpha value is -2.64. The molecule has 1 fully saturated rings. The topological polar surface area (TPSA) is 61.4 Å². The summed E-state index contributed by atoms with van der Waals surface area (Å²) in [5.74, 6) is 2.02. The van der Waals surface area contributed by atoms with Gasteiger partial charge in [-0.1, -0.05) is 17.7 Å². The maximum Gasteiger partial charge on any atom is 0.196 e. The van der Waals surface area contributed by atoms with Crippen LogP contribution in [0.4, 0.5) is 11.4 Å². The molecule has 1 aliphatic heterocycles. The van der Waals surface area contributed by atoms with E-state index in [4.69, 9.17) is 26.1 Å². The largest absolute Gasteiger partial charge is 0.493 e. The first-order valence-electron chi connectivity index (χ1n) is 10.5. The Bertz CT molecular complexity index is 898. The van der Waals surface area contributed by atoms with Gasteiger partial charge in [-0.15, -0.1) is 0 Å². The maximum atomic E-state index is 6.59. The standard InChI is InChI=1S/C23H32ClN5O2/c1-5-25-23(27-17-9-10-21(30-3)22(15-17)31-4)26-16-18-19(24)7-6-8-20(18)29-13-11-28(2)12-14-29/h6-10,15H,5,11-14,16H2,1-4H3,(H2,25,26,27). The number of benzene rings is 2. The van der Waals surface area contributed by atoms with E-state index in [0.717, 1.165) is 54.7 Å². The molecule has 0 spiro atoms. The molecule has 1 heterocycles. The molecule has 0 aromatic heterocycles. The molecule has 0 atom stereocenters. The third kappa shape index (κ3) is 5.95. The third-order valence-electron chi connectivity index (χ3n) is 5.32. The zero-order valence-electron chi connectivity index (χ0n) is 18.7. The van der Waals surface area contributed by atoms with Crippen LogP contribution in [0.2, 0.25) is 5.02 Å². The predicted octanol–water partition coefficient (Wildman–Crippen LogP) is 3.69. The zero-order chi connectivity index (χ0) is 22.2. The van der Waals surface area contributed by atoms with Gasteiger partial charge in [0.2, 0.25) is 0 Å². The van der Waals surface area contributed by atoms with Gasteiger partial charge in [0.25, 0.3) is 0 Å². The maximum absolute atomic E-state index is 6.59. The molecule has 2 aromatic carbocycles. The summed E-state index contributed by atoms with van der Waals surface area (Å²) in [5.41, 5.74) is 3.06. The Morgan fingerprint density at radius 3 is 2.48 bits per heavy atom. The summed E-state index contributed by atoms with van der Waals surface area (Å²) in [5, 5.41) is 7.37. The monoisotopic (exact) mass is 445 g/mol. The number of nitrogens with zero attached hydrogens (tertiary/aromatic N) is 3. The van der Waals surface area contributed by atoms with Crippen molar-refractivity contribution in [1.29, 1.82) is 0 Å². The summed E-state index contributed by atoms with van der Waals surface area (Å²) in [6, 6.07) is 11.8. The number of anilines is 2. The number of aliphatic imine (C=N–C) groups is 1. The smallest absolute Gasteiger partial charge is 0.196 e. The molecule has 0 aliphatic carbocycles. The Labute approximate surface area is 190 Å². The van der Waals surface area contributed by atoms with Crippen molar-refractivity contribution >= 4 is 28.9 Å². The van der Waals surface area contributed by atoms with Gasteiger partial charge in [-0.2, -0.15) is 0 Å². The second kappa shape index (κ2) is 11.1. The minimum Gasteiger partial charge on any atom is -0.493 e. The second-order valence-corrected chi connectivity index (χ2v) is 7.82. The van der Waals surface area contributed by atoms with E-state index in [2.05, 4.69) is 33.5 Å². The van der Waals surface area contributed by atoms with Crippen LogP contribution in [0.15, 0.2) is 41.4 Å². The fourth-order valence-corrected chi connectivity index (χ4v) is 3.79. The number of guanidine groups is 1. The van der Waals surface area contributed by atoms with E-state index in [1.54, 1.807) is 14.2 Å². The summed E-state index contributed by atoms with van der Waals surface area (Å²) < 4.78 is 10.7. The van der Waals surface area contributed by atoms with Gasteiger partial charge >= 0.3 is 0 Å². The van der Waals surface area contributed by atoms with Gasteiger partial charge < -0.3 is 29.9 Å². The zero-order valence-corrected chi connectivity index (χ0v) is 19.5. The number of methoxy groups -OCH3 is 2. The van der Waals surface area contributed by atoms with Crippen LogP contribution in [0.1, 0.15) is 12.5 Å². The van der Waals surface area contributed by atoms with Crippen molar-refractivity contribution in [2.45, 2.75) is 13.5 Å². The van der Waals surface area contributed by atoms with Crippen LogP contribution in [-0.4, -0.2) is 64.9 Å². The van der Waals surface area contributed by atoms with Crippen LogP contribution in [0.25, 0.3) is 0 Å². The number of hydrogen-bond acceptors (Lipinski definition) is 5. The molecule has 2 aromatic rings. The highest BCUT2D eigenvalue weighted by molar-refractivity contribution is 6.31. The Balaban J connectivity index is 1.81. The number of likely N-dealkylation sites (N-methyl/N-ethyl adjacent to an activating group) is 1. The van der Waals surface area contributed by atoms with E-state index in [-0.39, 0.29) is 0 Å². The summed E-state index contributed by atoms with van der Waals surface area (Å²) in [6.07, 6.45) is 0. The average Bonchev–Trinajstić information content (AvgIpc) is 2.78. The van der Waals surface area contributed by atoms with E-state index in [9.17, 15) is 0 Å². The van der Waals surface area contributed by atoms with Crippen molar-refractivity contribution in [1.82, 2.24) is 10.2 Å². The van der Waals surface area contributed by atoms with Crippen LogP contribution in [0, 0.1) is 0 Å². The third-order valence-corrected chi connectivity index (χ3v) is 5.68. The van der Waals surface area contributed by atoms with Gasteiger partial charge in [0, 0.05) is 60.8 Å². The average molecular weight is 446 g/mol. The van der Waals surface area contributed by atoms with Crippen molar-refractivity contribution in [3.63, 3.8) is 0 Å². The highest BCUT2D eigenvalue weighted by Crippen LogP contribution is 2.31. The second-order valence-electron chi connectivity index (χ2n) is 7.42. The van der Waals surface area contributed by atoms with Crippen molar-refractivity contribution in [3.8, 4) is 11.5 Å². The van der Waals surface area contributed by atoms with Gasteiger partial charge in [0.1, 0.15) is 0 Å². The van der Waals surface area contributed by atoms with Crippen LogP contribution in [0.5, 0.6) is 11.5 Å². The fraction of sp³-hybridized carbons (Fsp3) is 0.435. The first-order chi connectivity index (χ1) is 15.0. The summed E-state index contributed by atoms with van der Waals surface area (Å²) in [4.78, 5) is 9.55. The molecular formula is C23H32ClN5O2. The molecule has 0 unspecified atom stereocenters. The summed E-state index contributed by atoms with van der Waals surface area (Å²) >= 11 is 6.59. The van der Waals surface area contributed by atoms with Crippen molar-refractivity contribution in [3.05, 3.63) is 47.0 Å². The molecule has 0 saturated carbocycles. The molecule has 0 radical (unpaired) electrons. The Kier molecular flexibility index (Phi) is 8.26. The van der Waals surface area contributed by atoms with E-state index < -0.39 is 0 Å². The van der Waals surface area contributed by atoms with E-state index in [1.165, 1.54) is 0 Å². The Morgan fingerprint density at radius 2 is 1.81 bits per heavy atom. The lowest BCUT2D eigenvalue weighted by Crippen LogP contribution is -2.44. The minimum atomic E-state index is 0.476. The van der Waals surface area contributed by atoms with Crippen LogP contribution in [0.3, 0.4) is 0 Å². The number of ether oxygens (including phenoxy) is 2. The molecule has 168 valence electrons. The first-order valence-corrected chi connectivity index (χ1v) is 10.9. The molecule has 31 heavy (non-hydrogen) atoms. The van der Waals surface area contributed by atoms with Gasteiger partial charge in [0.05, 0.1) is 20.8 Å². The van der Waals surface area contributed by atoms with E-state index in [0.29, 0.717) is 24.0 Å². The highest BCUT2D eigenvalue weighted by Gasteiger charge is 2.18.